The number of hydrogen-bond donors (Lipinski definition) is 2. The maximum atomic E-state index is 11.8. The summed E-state index contributed by atoms with van der Waals surface area (Å²) in [6, 6.07) is 0. The van der Waals surface area contributed by atoms with Crippen LogP contribution in [0.25, 0.3) is 0 Å². The van der Waals surface area contributed by atoms with Crippen LogP contribution in [0.2, 0.25) is 0 Å². The van der Waals surface area contributed by atoms with E-state index in [-0.39, 0.29) is 17.4 Å². The summed E-state index contributed by atoms with van der Waals surface area (Å²) in [6.07, 6.45) is 4.80. The lowest BCUT2D eigenvalue weighted by atomic mass is 9.66. The lowest BCUT2D eigenvalue weighted by Crippen LogP contribution is -2.44. The largest absolute Gasteiger partial charge is 0.385 e. The zero-order valence-electron chi connectivity index (χ0n) is 11.5. The second-order valence-electron chi connectivity index (χ2n) is 5.17. The lowest BCUT2D eigenvalue weighted by molar-refractivity contribution is -0.124. The van der Waals surface area contributed by atoms with Crippen LogP contribution in [0.3, 0.4) is 0 Å². The molecule has 0 radical (unpaired) electrons. The van der Waals surface area contributed by atoms with Gasteiger partial charge < -0.3 is 20.5 Å². The molecule has 1 atom stereocenters. The monoisotopic (exact) mass is 258 g/mol. The average Bonchev–Trinajstić information content (AvgIpc) is 2.34. The highest BCUT2D eigenvalue weighted by Crippen LogP contribution is 2.43. The van der Waals surface area contributed by atoms with E-state index in [4.69, 9.17) is 15.2 Å². The van der Waals surface area contributed by atoms with Crippen LogP contribution in [0, 0.1) is 5.41 Å². The van der Waals surface area contributed by atoms with Gasteiger partial charge in [-0.2, -0.15) is 0 Å². The Morgan fingerprint density at radius 1 is 1.44 bits per heavy atom. The average molecular weight is 258 g/mol. The minimum atomic E-state index is -0.179. The highest BCUT2D eigenvalue weighted by molar-refractivity contribution is 5.76. The van der Waals surface area contributed by atoms with Crippen LogP contribution in [0.5, 0.6) is 0 Å². The molecule has 0 aromatic heterocycles. The summed E-state index contributed by atoms with van der Waals surface area (Å²) in [5.74, 6) is 0.0241. The summed E-state index contributed by atoms with van der Waals surface area (Å²) in [4.78, 5) is 11.8. The summed E-state index contributed by atoms with van der Waals surface area (Å²) >= 11 is 0. The molecule has 0 heterocycles. The maximum Gasteiger partial charge on any atom is 0.222 e. The number of nitrogens with one attached hydrogen (secondary N) is 1. The van der Waals surface area contributed by atoms with E-state index in [0.717, 1.165) is 19.6 Å². The van der Waals surface area contributed by atoms with Crippen LogP contribution in [-0.2, 0) is 14.3 Å². The van der Waals surface area contributed by atoms with Gasteiger partial charge in [0.05, 0.1) is 12.5 Å². The molecular formula is C13H26N2O3. The number of rotatable bonds is 9. The topological polar surface area (TPSA) is 73.6 Å². The van der Waals surface area contributed by atoms with E-state index in [0.29, 0.717) is 13.0 Å². The van der Waals surface area contributed by atoms with Gasteiger partial charge in [-0.15, -0.1) is 0 Å². The first-order valence-electron chi connectivity index (χ1n) is 6.64. The summed E-state index contributed by atoms with van der Waals surface area (Å²) in [5, 5.41) is 3.00. The van der Waals surface area contributed by atoms with Gasteiger partial charge in [0.1, 0.15) is 0 Å². The molecule has 106 valence electrons. The number of amides is 1. The third-order valence-electron chi connectivity index (χ3n) is 3.92. The fourth-order valence-electron chi connectivity index (χ4n) is 2.34. The molecule has 1 rings (SSSR count). The molecule has 0 saturated heterocycles. The molecule has 5 heteroatoms. The van der Waals surface area contributed by atoms with Gasteiger partial charge in [0, 0.05) is 33.9 Å². The predicted molar refractivity (Wildman–Crippen MR) is 70.3 cm³/mol. The standard InChI is InChI=1S/C13H26N2O3/c1-17-7-6-13(4-3-5-13)10-15-12(16)8-11(9-14)18-2/h11H,3-10,14H2,1-2H3,(H,15,16). The molecule has 0 spiro atoms. The molecule has 1 saturated carbocycles. The summed E-state index contributed by atoms with van der Waals surface area (Å²) in [5.41, 5.74) is 5.76. The van der Waals surface area contributed by atoms with Crippen LogP contribution in [-0.4, -0.2) is 45.9 Å². The van der Waals surface area contributed by atoms with Crippen LogP contribution in [0.4, 0.5) is 0 Å². The first-order valence-corrected chi connectivity index (χ1v) is 6.64. The number of carbonyl (C=O) groups excluding carboxylic acids is 1. The number of ether oxygens (including phenoxy) is 2. The van der Waals surface area contributed by atoms with E-state index >= 15 is 0 Å². The van der Waals surface area contributed by atoms with Gasteiger partial charge in [0.2, 0.25) is 5.91 Å². The zero-order valence-corrected chi connectivity index (χ0v) is 11.5. The van der Waals surface area contributed by atoms with E-state index in [1.54, 1.807) is 14.2 Å². The van der Waals surface area contributed by atoms with E-state index in [1.807, 2.05) is 0 Å². The van der Waals surface area contributed by atoms with E-state index < -0.39 is 0 Å². The Kier molecular flexibility index (Phi) is 6.60. The first-order chi connectivity index (χ1) is 8.65. The molecule has 1 unspecified atom stereocenters. The molecule has 1 amide bonds. The third kappa shape index (κ3) is 4.55. The molecule has 1 fully saturated rings. The minimum Gasteiger partial charge on any atom is -0.385 e. The highest BCUT2D eigenvalue weighted by atomic mass is 16.5. The quantitative estimate of drug-likeness (QED) is 0.637. The lowest BCUT2D eigenvalue weighted by Gasteiger charge is -2.42. The molecular weight excluding hydrogens is 232 g/mol. The molecule has 18 heavy (non-hydrogen) atoms. The summed E-state index contributed by atoms with van der Waals surface area (Å²) < 4.78 is 10.2. The van der Waals surface area contributed by atoms with Crippen molar-refractivity contribution in [2.45, 2.75) is 38.2 Å². The fourth-order valence-corrected chi connectivity index (χ4v) is 2.34. The zero-order chi connectivity index (χ0) is 13.4. The van der Waals surface area contributed by atoms with Crippen molar-refractivity contribution in [3.05, 3.63) is 0 Å². The number of hydrogen-bond acceptors (Lipinski definition) is 4. The molecule has 1 aliphatic carbocycles. The van der Waals surface area contributed by atoms with Gasteiger partial charge in [-0.25, -0.2) is 0 Å². The Bertz CT molecular complexity index is 251. The van der Waals surface area contributed by atoms with Crippen molar-refractivity contribution in [2.24, 2.45) is 11.1 Å². The summed E-state index contributed by atoms with van der Waals surface area (Å²) in [7, 11) is 3.30. The van der Waals surface area contributed by atoms with E-state index in [2.05, 4.69) is 5.32 Å². The Morgan fingerprint density at radius 3 is 2.61 bits per heavy atom. The summed E-state index contributed by atoms with van der Waals surface area (Å²) in [6.45, 7) is 1.88. The third-order valence-corrected chi connectivity index (χ3v) is 3.92. The van der Waals surface area contributed by atoms with Gasteiger partial charge in [-0.1, -0.05) is 6.42 Å². The first kappa shape index (κ1) is 15.4. The van der Waals surface area contributed by atoms with E-state index in [1.165, 1.54) is 19.3 Å². The van der Waals surface area contributed by atoms with Crippen LogP contribution in [0.1, 0.15) is 32.1 Å². The molecule has 0 aliphatic heterocycles. The van der Waals surface area contributed by atoms with Crippen molar-refractivity contribution in [2.75, 3.05) is 33.9 Å². The van der Waals surface area contributed by atoms with Crippen molar-refractivity contribution >= 4 is 5.91 Å². The van der Waals surface area contributed by atoms with Crippen molar-refractivity contribution in [3.63, 3.8) is 0 Å². The second-order valence-corrected chi connectivity index (χ2v) is 5.17. The molecule has 1 aliphatic rings. The SMILES string of the molecule is COCCC1(CNC(=O)CC(CN)OC)CCC1. The minimum absolute atomic E-state index is 0.0241. The number of carbonyl (C=O) groups is 1. The van der Waals surface area contributed by atoms with Crippen LogP contribution < -0.4 is 11.1 Å². The Balaban J connectivity index is 2.27. The Hall–Kier alpha value is -0.650. The molecule has 5 nitrogen and oxygen atoms in total. The number of methoxy groups -OCH3 is 2. The van der Waals surface area contributed by atoms with E-state index in [9.17, 15) is 4.79 Å². The molecule has 0 bridgehead atoms. The molecule has 0 aromatic rings. The maximum absolute atomic E-state index is 11.8. The number of nitrogens with two attached hydrogens (primary N) is 1. The Labute approximate surface area is 109 Å². The van der Waals surface area contributed by atoms with Gasteiger partial charge in [0.25, 0.3) is 0 Å². The van der Waals surface area contributed by atoms with Gasteiger partial charge in [-0.3, -0.25) is 4.79 Å². The van der Waals surface area contributed by atoms with Crippen LogP contribution in [0.15, 0.2) is 0 Å². The van der Waals surface area contributed by atoms with Crippen molar-refractivity contribution in [1.82, 2.24) is 5.32 Å². The molecule has 3 N–H and O–H groups in total. The smallest absolute Gasteiger partial charge is 0.222 e. The highest BCUT2D eigenvalue weighted by Gasteiger charge is 2.36. The fraction of sp³-hybridized carbons (Fsp3) is 0.923. The Morgan fingerprint density at radius 2 is 2.17 bits per heavy atom. The van der Waals surface area contributed by atoms with Crippen molar-refractivity contribution < 1.29 is 14.3 Å². The van der Waals surface area contributed by atoms with Crippen molar-refractivity contribution in [1.29, 1.82) is 0 Å². The van der Waals surface area contributed by atoms with Crippen molar-refractivity contribution in [3.8, 4) is 0 Å². The van der Waals surface area contributed by atoms with Crippen LogP contribution >= 0.6 is 0 Å². The normalized spacial score (nSPS) is 19.1. The van der Waals surface area contributed by atoms with Gasteiger partial charge >= 0.3 is 0 Å². The van der Waals surface area contributed by atoms with Gasteiger partial charge in [0.15, 0.2) is 0 Å². The predicted octanol–water partition coefficient (Wildman–Crippen LogP) is 0.673. The van der Waals surface area contributed by atoms with Gasteiger partial charge in [-0.05, 0) is 24.7 Å². The second kappa shape index (κ2) is 7.71. The molecule has 0 aromatic carbocycles.